The van der Waals surface area contributed by atoms with Crippen LogP contribution in [-0.2, 0) is 0 Å². The first-order valence-corrected chi connectivity index (χ1v) is 5.47. The minimum absolute atomic E-state index is 0.426. The van der Waals surface area contributed by atoms with E-state index in [1.54, 1.807) is 11.8 Å². The van der Waals surface area contributed by atoms with E-state index >= 15 is 0 Å². The third-order valence-corrected chi connectivity index (χ3v) is 3.30. The summed E-state index contributed by atoms with van der Waals surface area (Å²) in [5.41, 5.74) is 3.54. The van der Waals surface area contributed by atoms with Gasteiger partial charge in [-0.25, -0.2) is 0 Å². The van der Waals surface area contributed by atoms with Crippen LogP contribution in [0, 0.1) is 0 Å². The van der Waals surface area contributed by atoms with Gasteiger partial charge < -0.3 is 5.43 Å². The van der Waals surface area contributed by atoms with Crippen LogP contribution in [0.3, 0.4) is 0 Å². The summed E-state index contributed by atoms with van der Waals surface area (Å²) in [6.45, 7) is 2.10. The van der Waals surface area contributed by atoms with E-state index in [9.17, 15) is 0 Å². The molecule has 0 bridgehead atoms. The van der Waals surface area contributed by atoms with E-state index in [-0.39, 0.29) is 0 Å². The molecule has 0 heterocycles. The van der Waals surface area contributed by atoms with Crippen LogP contribution < -0.4 is 11.3 Å². The van der Waals surface area contributed by atoms with Gasteiger partial charge in [0.25, 0.3) is 0 Å². The number of nitrogen functional groups attached to an aromatic ring is 1. The predicted molar refractivity (Wildman–Crippen MR) is 60.3 cm³/mol. The highest BCUT2D eigenvalue weighted by molar-refractivity contribution is 8.00. The van der Waals surface area contributed by atoms with Crippen molar-refractivity contribution >= 4 is 29.1 Å². The highest BCUT2D eigenvalue weighted by Crippen LogP contribution is 2.25. The van der Waals surface area contributed by atoms with Gasteiger partial charge in [0.05, 0.1) is 0 Å². The van der Waals surface area contributed by atoms with E-state index < -0.39 is 0 Å². The number of hydrazine groups is 1. The van der Waals surface area contributed by atoms with Crippen LogP contribution >= 0.6 is 23.4 Å². The number of hydrogen-bond donors (Lipinski definition) is 2. The fourth-order valence-electron chi connectivity index (χ4n) is 0.923. The van der Waals surface area contributed by atoms with Crippen LogP contribution in [-0.4, -0.2) is 11.1 Å². The molecule has 0 aliphatic heterocycles. The Labute approximate surface area is 87.8 Å². The maximum Gasteiger partial charge on any atom is 0.0496 e. The van der Waals surface area contributed by atoms with Gasteiger partial charge >= 0.3 is 0 Å². The van der Waals surface area contributed by atoms with Crippen LogP contribution in [0.5, 0.6) is 0 Å². The van der Waals surface area contributed by atoms with Gasteiger partial charge in [0.15, 0.2) is 0 Å². The van der Waals surface area contributed by atoms with Crippen molar-refractivity contribution in [2.45, 2.75) is 17.1 Å². The Balaban J connectivity index is 2.66. The van der Waals surface area contributed by atoms with E-state index in [4.69, 9.17) is 17.4 Å². The summed E-state index contributed by atoms with van der Waals surface area (Å²) in [5, 5.41) is 0.426. The SMILES string of the molecule is CC(CCl)Sc1cccc(NN)c1. The third-order valence-electron chi connectivity index (χ3n) is 1.56. The fraction of sp³-hybridized carbons (Fsp3) is 0.333. The Hall–Kier alpha value is -0.380. The van der Waals surface area contributed by atoms with E-state index in [0.29, 0.717) is 11.1 Å². The summed E-state index contributed by atoms with van der Waals surface area (Å²) in [4.78, 5) is 1.18. The van der Waals surface area contributed by atoms with Crippen LogP contribution in [0.25, 0.3) is 0 Å². The zero-order chi connectivity index (χ0) is 9.68. The van der Waals surface area contributed by atoms with Crippen LogP contribution in [0.1, 0.15) is 6.92 Å². The van der Waals surface area contributed by atoms with Gasteiger partial charge in [-0.3, -0.25) is 5.84 Å². The second-order valence-electron chi connectivity index (χ2n) is 2.75. The standard InChI is InChI=1S/C9H13ClN2S/c1-7(6-10)13-9-4-2-3-8(5-9)12-11/h2-5,7,12H,6,11H2,1H3. The molecule has 72 valence electrons. The topological polar surface area (TPSA) is 38.0 Å². The molecule has 1 atom stereocenters. The molecule has 2 nitrogen and oxygen atoms in total. The van der Waals surface area contributed by atoms with Crippen molar-refractivity contribution in [3.05, 3.63) is 24.3 Å². The number of halogens is 1. The largest absolute Gasteiger partial charge is 0.324 e. The molecule has 4 heteroatoms. The zero-order valence-corrected chi connectivity index (χ0v) is 9.03. The first kappa shape index (κ1) is 10.7. The van der Waals surface area contributed by atoms with E-state index in [1.807, 2.05) is 18.2 Å². The van der Waals surface area contributed by atoms with Gasteiger partial charge in [0.2, 0.25) is 0 Å². The molecule has 0 radical (unpaired) electrons. The number of thioether (sulfide) groups is 1. The zero-order valence-electron chi connectivity index (χ0n) is 7.46. The lowest BCUT2D eigenvalue weighted by Crippen LogP contribution is -2.06. The van der Waals surface area contributed by atoms with Gasteiger partial charge in [0, 0.05) is 21.7 Å². The van der Waals surface area contributed by atoms with Crippen molar-refractivity contribution in [2.75, 3.05) is 11.3 Å². The lowest BCUT2D eigenvalue weighted by atomic mass is 10.3. The molecule has 0 fully saturated rings. The maximum atomic E-state index is 5.71. The lowest BCUT2D eigenvalue weighted by Gasteiger charge is -2.08. The normalized spacial score (nSPS) is 12.5. The molecule has 0 aromatic heterocycles. The first-order chi connectivity index (χ1) is 6.26. The van der Waals surface area contributed by atoms with E-state index in [0.717, 1.165) is 5.69 Å². The number of nitrogens with one attached hydrogen (secondary N) is 1. The number of hydrogen-bond acceptors (Lipinski definition) is 3. The van der Waals surface area contributed by atoms with Crippen LogP contribution in [0.2, 0.25) is 0 Å². The van der Waals surface area contributed by atoms with Crippen molar-refractivity contribution in [3.8, 4) is 0 Å². The average Bonchev–Trinajstić information content (AvgIpc) is 2.18. The number of alkyl halides is 1. The summed E-state index contributed by atoms with van der Waals surface area (Å²) in [6.07, 6.45) is 0. The van der Waals surface area contributed by atoms with Gasteiger partial charge in [-0.1, -0.05) is 13.0 Å². The average molecular weight is 217 g/mol. The van der Waals surface area contributed by atoms with Crippen molar-refractivity contribution in [2.24, 2.45) is 5.84 Å². The molecule has 0 aliphatic rings. The molecule has 0 aliphatic carbocycles. The number of nitrogens with two attached hydrogens (primary N) is 1. The smallest absolute Gasteiger partial charge is 0.0496 e. The Kier molecular flexibility index (Phi) is 4.42. The molecule has 0 saturated carbocycles. The van der Waals surface area contributed by atoms with Gasteiger partial charge in [-0.2, -0.15) is 0 Å². The van der Waals surface area contributed by atoms with Gasteiger partial charge in [-0.05, 0) is 18.2 Å². The van der Waals surface area contributed by atoms with Crippen molar-refractivity contribution in [3.63, 3.8) is 0 Å². The molecule has 1 rings (SSSR count). The molecule has 13 heavy (non-hydrogen) atoms. The Bertz CT molecular complexity index is 268. The Morgan fingerprint density at radius 2 is 2.38 bits per heavy atom. The molecule has 0 spiro atoms. The minimum Gasteiger partial charge on any atom is -0.324 e. The predicted octanol–water partition coefficient (Wildman–Crippen LogP) is 2.69. The number of anilines is 1. The van der Waals surface area contributed by atoms with E-state index in [1.165, 1.54) is 4.90 Å². The maximum absolute atomic E-state index is 5.71. The molecule has 3 N–H and O–H groups in total. The van der Waals surface area contributed by atoms with Gasteiger partial charge in [-0.15, -0.1) is 23.4 Å². The Morgan fingerprint density at radius 3 is 3.00 bits per heavy atom. The summed E-state index contributed by atoms with van der Waals surface area (Å²) in [5.74, 6) is 5.95. The van der Waals surface area contributed by atoms with Gasteiger partial charge in [0.1, 0.15) is 0 Å². The van der Waals surface area contributed by atoms with Crippen LogP contribution in [0.15, 0.2) is 29.2 Å². The second-order valence-corrected chi connectivity index (χ2v) is 4.58. The fourth-order valence-corrected chi connectivity index (χ4v) is 1.99. The molecular formula is C9H13ClN2S. The number of rotatable bonds is 4. The summed E-state index contributed by atoms with van der Waals surface area (Å²) in [7, 11) is 0. The molecule has 1 unspecified atom stereocenters. The first-order valence-electron chi connectivity index (χ1n) is 4.05. The molecule has 1 aromatic carbocycles. The third kappa shape index (κ3) is 3.46. The molecular weight excluding hydrogens is 204 g/mol. The summed E-state index contributed by atoms with van der Waals surface area (Å²) < 4.78 is 0. The summed E-state index contributed by atoms with van der Waals surface area (Å²) >= 11 is 7.46. The quantitative estimate of drug-likeness (QED) is 0.352. The molecule has 0 saturated heterocycles. The monoisotopic (exact) mass is 216 g/mol. The minimum atomic E-state index is 0.426. The number of benzene rings is 1. The highest BCUT2D eigenvalue weighted by Gasteiger charge is 2.02. The molecule has 0 amide bonds. The second kappa shape index (κ2) is 5.37. The van der Waals surface area contributed by atoms with Crippen molar-refractivity contribution in [1.82, 2.24) is 0 Å². The lowest BCUT2D eigenvalue weighted by molar-refractivity contribution is 1.12. The Morgan fingerprint density at radius 1 is 1.62 bits per heavy atom. The van der Waals surface area contributed by atoms with Crippen LogP contribution in [0.4, 0.5) is 5.69 Å². The van der Waals surface area contributed by atoms with E-state index in [2.05, 4.69) is 18.4 Å². The van der Waals surface area contributed by atoms with Crippen molar-refractivity contribution < 1.29 is 0 Å². The highest BCUT2D eigenvalue weighted by atomic mass is 35.5. The summed E-state index contributed by atoms with van der Waals surface area (Å²) in [6, 6.07) is 7.95. The van der Waals surface area contributed by atoms with Crippen molar-refractivity contribution in [1.29, 1.82) is 0 Å². The molecule has 1 aromatic rings.